The van der Waals surface area contributed by atoms with Crippen LogP contribution in [0.5, 0.6) is 5.75 Å². The van der Waals surface area contributed by atoms with Crippen LogP contribution in [-0.2, 0) is 4.79 Å². The predicted molar refractivity (Wildman–Crippen MR) is 88.2 cm³/mol. The fourth-order valence-electron chi connectivity index (χ4n) is 2.34. The van der Waals surface area contributed by atoms with E-state index in [1.165, 1.54) is 0 Å². The maximum absolute atomic E-state index is 11.7. The zero-order valence-electron chi connectivity index (χ0n) is 12.7. The Hall–Kier alpha value is -2.36. The van der Waals surface area contributed by atoms with Crippen LogP contribution in [0.3, 0.4) is 0 Å². The molecule has 3 rings (SSSR count). The molecule has 0 heterocycles. The van der Waals surface area contributed by atoms with Crippen molar-refractivity contribution < 1.29 is 9.53 Å². The molecule has 1 fully saturated rings. The average Bonchev–Trinajstić information content (AvgIpc) is 3.38. The lowest BCUT2D eigenvalue weighted by Crippen LogP contribution is -2.19. The summed E-state index contributed by atoms with van der Waals surface area (Å²) in [4.78, 5) is 11.7. The number of fused-ring (bicyclic) bond motifs is 1. The smallest absolute Gasteiger partial charge is 0.243 e. The van der Waals surface area contributed by atoms with Crippen molar-refractivity contribution in [2.45, 2.75) is 26.2 Å². The normalized spacial score (nSPS) is 14.4. The van der Waals surface area contributed by atoms with Gasteiger partial charge in [-0.05, 0) is 36.1 Å². The van der Waals surface area contributed by atoms with Crippen LogP contribution >= 0.6 is 0 Å². The zero-order valence-corrected chi connectivity index (χ0v) is 12.7. The van der Waals surface area contributed by atoms with Gasteiger partial charge in [0.25, 0.3) is 0 Å². The fourth-order valence-corrected chi connectivity index (χ4v) is 2.34. The molecule has 1 N–H and O–H groups in total. The molecule has 1 aliphatic carbocycles. The second-order valence-electron chi connectivity index (χ2n) is 5.56. The monoisotopic (exact) mass is 296 g/mol. The summed E-state index contributed by atoms with van der Waals surface area (Å²) in [5.41, 5.74) is 3.52. The molecule has 1 aliphatic rings. The zero-order chi connectivity index (χ0) is 15.4. The van der Waals surface area contributed by atoms with Gasteiger partial charge in [0.05, 0.1) is 12.8 Å². The van der Waals surface area contributed by atoms with Gasteiger partial charge in [-0.25, -0.2) is 5.43 Å². The first-order valence-corrected chi connectivity index (χ1v) is 7.77. The van der Waals surface area contributed by atoms with Crippen LogP contribution in [0, 0.1) is 5.92 Å². The van der Waals surface area contributed by atoms with Crippen LogP contribution in [0.25, 0.3) is 10.8 Å². The number of carbonyl (C=O) groups excluding carboxylic acids is 1. The Morgan fingerprint density at radius 2 is 2.14 bits per heavy atom. The lowest BCUT2D eigenvalue weighted by molar-refractivity contribution is -0.122. The maximum Gasteiger partial charge on any atom is 0.243 e. The van der Waals surface area contributed by atoms with Gasteiger partial charge in [0, 0.05) is 11.5 Å². The SMILES string of the molecule is CCCOc1ccc2ccccc2c1/C=N\NC(=O)C1CC1. The van der Waals surface area contributed by atoms with Gasteiger partial charge in [-0.2, -0.15) is 5.10 Å². The molecule has 0 aliphatic heterocycles. The van der Waals surface area contributed by atoms with Crippen molar-refractivity contribution in [1.29, 1.82) is 0 Å². The lowest BCUT2D eigenvalue weighted by atomic mass is 10.0. The van der Waals surface area contributed by atoms with Crippen molar-refractivity contribution in [3.8, 4) is 5.75 Å². The summed E-state index contributed by atoms with van der Waals surface area (Å²) < 4.78 is 5.81. The number of amides is 1. The van der Waals surface area contributed by atoms with E-state index in [-0.39, 0.29) is 11.8 Å². The molecule has 0 saturated heterocycles. The highest BCUT2D eigenvalue weighted by Crippen LogP contribution is 2.29. The van der Waals surface area contributed by atoms with Gasteiger partial charge in [0.15, 0.2) is 0 Å². The summed E-state index contributed by atoms with van der Waals surface area (Å²) in [6.45, 7) is 2.73. The summed E-state index contributed by atoms with van der Waals surface area (Å²) >= 11 is 0. The molecule has 2 aromatic carbocycles. The minimum atomic E-state index is 0.00696. The summed E-state index contributed by atoms with van der Waals surface area (Å²) in [6, 6.07) is 12.1. The predicted octanol–water partition coefficient (Wildman–Crippen LogP) is 3.49. The number of ether oxygens (including phenoxy) is 1. The van der Waals surface area contributed by atoms with Crippen molar-refractivity contribution in [3.05, 3.63) is 42.0 Å². The van der Waals surface area contributed by atoms with Crippen molar-refractivity contribution in [2.24, 2.45) is 11.0 Å². The molecule has 22 heavy (non-hydrogen) atoms. The van der Waals surface area contributed by atoms with E-state index < -0.39 is 0 Å². The first kappa shape index (κ1) is 14.6. The van der Waals surface area contributed by atoms with Gasteiger partial charge in [-0.15, -0.1) is 0 Å². The van der Waals surface area contributed by atoms with Crippen LogP contribution in [0.1, 0.15) is 31.7 Å². The van der Waals surface area contributed by atoms with E-state index >= 15 is 0 Å². The molecule has 0 radical (unpaired) electrons. The number of hydrogen-bond donors (Lipinski definition) is 1. The minimum absolute atomic E-state index is 0.00696. The van der Waals surface area contributed by atoms with E-state index in [2.05, 4.69) is 23.5 Å². The Kier molecular flexibility index (Phi) is 4.37. The van der Waals surface area contributed by atoms with Gasteiger partial charge in [0.2, 0.25) is 5.91 Å². The largest absolute Gasteiger partial charge is 0.493 e. The van der Waals surface area contributed by atoms with Crippen LogP contribution in [0.4, 0.5) is 0 Å². The van der Waals surface area contributed by atoms with Crippen LogP contribution in [0.2, 0.25) is 0 Å². The van der Waals surface area contributed by atoms with Gasteiger partial charge in [0.1, 0.15) is 5.75 Å². The molecule has 0 atom stereocenters. The van der Waals surface area contributed by atoms with Gasteiger partial charge >= 0.3 is 0 Å². The molecule has 1 amide bonds. The Morgan fingerprint density at radius 1 is 1.32 bits per heavy atom. The third kappa shape index (κ3) is 3.27. The van der Waals surface area contributed by atoms with Crippen LogP contribution < -0.4 is 10.2 Å². The van der Waals surface area contributed by atoms with E-state index in [0.717, 1.165) is 41.3 Å². The summed E-state index contributed by atoms with van der Waals surface area (Å²) in [5.74, 6) is 0.956. The van der Waals surface area contributed by atoms with Crippen LogP contribution in [-0.4, -0.2) is 18.7 Å². The molecular weight excluding hydrogens is 276 g/mol. The third-order valence-corrected chi connectivity index (χ3v) is 3.71. The number of nitrogens with one attached hydrogen (secondary N) is 1. The standard InChI is InChI=1S/C18H20N2O2/c1-2-11-22-17-10-9-13-5-3-4-6-15(13)16(17)12-19-20-18(21)14-7-8-14/h3-6,9-10,12,14H,2,7-8,11H2,1H3,(H,20,21)/b19-12-. The number of carbonyl (C=O) groups is 1. The van der Waals surface area contributed by atoms with Crippen LogP contribution in [0.15, 0.2) is 41.5 Å². The van der Waals surface area contributed by atoms with E-state index in [0.29, 0.717) is 6.61 Å². The highest BCUT2D eigenvalue weighted by molar-refractivity contribution is 6.02. The highest BCUT2D eigenvalue weighted by atomic mass is 16.5. The number of rotatable bonds is 6. The number of hydrogen-bond acceptors (Lipinski definition) is 3. The average molecular weight is 296 g/mol. The summed E-state index contributed by atoms with van der Waals surface area (Å²) in [6.07, 6.45) is 4.58. The van der Waals surface area contributed by atoms with Crippen molar-refractivity contribution in [3.63, 3.8) is 0 Å². The van der Waals surface area contributed by atoms with Crippen molar-refractivity contribution >= 4 is 22.9 Å². The molecule has 0 bridgehead atoms. The van der Waals surface area contributed by atoms with E-state index in [9.17, 15) is 4.79 Å². The molecule has 0 spiro atoms. The second kappa shape index (κ2) is 6.60. The quantitative estimate of drug-likeness (QED) is 0.655. The first-order valence-electron chi connectivity index (χ1n) is 7.77. The first-order chi connectivity index (χ1) is 10.8. The van der Waals surface area contributed by atoms with Crippen molar-refractivity contribution in [1.82, 2.24) is 5.43 Å². The fraction of sp³-hybridized carbons (Fsp3) is 0.333. The van der Waals surface area contributed by atoms with E-state index in [1.807, 2.05) is 30.3 Å². The number of hydrazone groups is 1. The third-order valence-electron chi connectivity index (χ3n) is 3.71. The molecule has 4 heteroatoms. The molecule has 0 aromatic heterocycles. The molecular formula is C18H20N2O2. The number of nitrogens with zero attached hydrogens (tertiary/aromatic N) is 1. The van der Waals surface area contributed by atoms with Gasteiger partial charge < -0.3 is 4.74 Å². The Labute approximate surface area is 130 Å². The highest BCUT2D eigenvalue weighted by Gasteiger charge is 2.29. The Bertz CT molecular complexity index is 705. The summed E-state index contributed by atoms with van der Waals surface area (Å²) in [5, 5.41) is 6.31. The molecule has 4 nitrogen and oxygen atoms in total. The second-order valence-corrected chi connectivity index (χ2v) is 5.56. The molecule has 0 unspecified atom stereocenters. The maximum atomic E-state index is 11.7. The van der Waals surface area contributed by atoms with Gasteiger partial charge in [-0.1, -0.05) is 37.3 Å². The minimum Gasteiger partial charge on any atom is -0.493 e. The Balaban J connectivity index is 1.88. The lowest BCUT2D eigenvalue weighted by Gasteiger charge is -2.11. The molecule has 2 aromatic rings. The van der Waals surface area contributed by atoms with Gasteiger partial charge in [-0.3, -0.25) is 4.79 Å². The van der Waals surface area contributed by atoms with E-state index in [4.69, 9.17) is 4.74 Å². The number of benzene rings is 2. The van der Waals surface area contributed by atoms with E-state index in [1.54, 1.807) is 6.21 Å². The molecule has 1 saturated carbocycles. The topological polar surface area (TPSA) is 50.7 Å². The summed E-state index contributed by atoms with van der Waals surface area (Å²) in [7, 11) is 0. The Morgan fingerprint density at radius 3 is 2.91 bits per heavy atom. The van der Waals surface area contributed by atoms with Crippen molar-refractivity contribution in [2.75, 3.05) is 6.61 Å². The molecule has 114 valence electrons.